The largest absolute Gasteiger partial charge is 0.469 e. The number of nitrogens with zero attached hydrogens (tertiary/aromatic N) is 5. The van der Waals surface area contributed by atoms with Gasteiger partial charge in [0.25, 0.3) is 0 Å². The second-order valence-corrected chi connectivity index (χ2v) is 7.85. The van der Waals surface area contributed by atoms with Crippen LogP contribution in [0.25, 0.3) is 11.2 Å². The lowest BCUT2D eigenvalue weighted by atomic mass is 10.1. The second-order valence-electron chi connectivity index (χ2n) is 7.85. The Labute approximate surface area is 197 Å². The molecule has 2 aromatic heterocycles. The van der Waals surface area contributed by atoms with Crippen LogP contribution in [-0.2, 0) is 30.3 Å². The molecular formula is C22H21FN6O6. The Hall–Kier alpha value is -4.31. The number of carbonyl (C=O) groups excluding carboxylic acids is 2. The quantitative estimate of drug-likeness (QED) is 0.495. The molecule has 0 saturated carbocycles. The van der Waals surface area contributed by atoms with Gasteiger partial charge < -0.3 is 19.9 Å². The van der Waals surface area contributed by atoms with E-state index in [1.54, 1.807) is 24.3 Å². The Morgan fingerprint density at radius 3 is 2.66 bits per heavy atom. The molecule has 2 N–H and O–H groups in total. The van der Waals surface area contributed by atoms with Crippen molar-refractivity contribution in [2.75, 3.05) is 12.8 Å². The fourth-order valence-corrected chi connectivity index (χ4v) is 3.95. The number of fused-ring (bicyclic) bond motifs is 1. The Morgan fingerprint density at radius 1 is 1.31 bits per heavy atom. The third kappa shape index (κ3) is 4.56. The fourth-order valence-electron chi connectivity index (χ4n) is 3.95. The van der Waals surface area contributed by atoms with E-state index >= 15 is 4.39 Å². The Morgan fingerprint density at radius 2 is 2.03 bits per heavy atom. The SMILES string of the molecule is COC(=O)C[C@H]1O[C@@H](n2c(=O)n(Cc3ccc(C#N)cc3)c3cnc(N)nc32)[C@H](OC(C)=O)[C@@H]1F. The number of alkyl halides is 1. The summed E-state index contributed by atoms with van der Waals surface area (Å²) in [4.78, 5) is 45.1. The molecule has 182 valence electrons. The zero-order valence-electron chi connectivity index (χ0n) is 18.8. The number of esters is 2. The summed E-state index contributed by atoms with van der Waals surface area (Å²) < 4.78 is 33.1. The maximum Gasteiger partial charge on any atom is 0.332 e. The number of nitriles is 1. The number of carbonyl (C=O) groups is 2. The van der Waals surface area contributed by atoms with Gasteiger partial charge in [0.15, 0.2) is 24.2 Å². The highest BCUT2D eigenvalue weighted by Crippen LogP contribution is 2.36. The number of hydrogen-bond acceptors (Lipinski definition) is 10. The Balaban J connectivity index is 1.82. The number of methoxy groups -OCH3 is 1. The maximum absolute atomic E-state index is 15.3. The van der Waals surface area contributed by atoms with Crippen molar-refractivity contribution in [3.05, 3.63) is 52.1 Å². The van der Waals surface area contributed by atoms with Crippen LogP contribution in [-0.4, -0.2) is 56.5 Å². The molecular weight excluding hydrogens is 463 g/mol. The summed E-state index contributed by atoms with van der Waals surface area (Å²) in [5.41, 5.74) is 6.54. The van der Waals surface area contributed by atoms with E-state index in [0.29, 0.717) is 11.1 Å². The topological polar surface area (TPSA) is 164 Å². The smallest absolute Gasteiger partial charge is 0.332 e. The number of halogens is 1. The molecule has 13 heteroatoms. The van der Waals surface area contributed by atoms with Gasteiger partial charge in [-0.3, -0.25) is 14.2 Å². The average Bonchev–Trinajstić information content (AvgIpc) is 3.26. The van der Waals surface area contributed by atoms with Crippen molar-refractivity contribution in [2.45, 2.75) is 44.5 Å². The van der Waals surface area contributed by atoms with Crippen molar-refractivity contribution in [3.63, 3.8) is 0 Å². The van der Waals surface area contributed by atoms with Gasteiger partial charge in [0, 0.05) is 6.92 Å². The average molecular weight is 484 g/mol. The van der Waals surface area contributed by atoms with Gasteiger partial charge in [-0.25, -0.2) is 18.7 Å². The van der Waals surface area contributed by atoms with E-state index in [1.165, 1.54) is 10.8 Å². The van der Waals surface area contributed by atoms with Gasteiger partial charge in [0.1, 0.15) is 11.6 Å². The van der Waals surface area contributed by atoms with E-state index in [1.807, 2.05) is 6.07 Å². The van der Waals surface area contributed by atoms with E-state index in [0.717, 1.165) is 18.6 Å². The summed E-state index contributed by atoms with van der Waals surface area (Å²) in [7, 11) is 1.15. The van der Waals surface area contributed by atoms with E-state index in [9.17, 15) is 14.4 Å². The van der Waals surface area contributed by atoms with Crippen molar-refractivity contribution >= 4 is 29.1 Å². The van der Waals surface area contributed by atoms with Crippen molar-refractivity contribution in [2.24, 2.45) is 0 Å². The molecule has 4 rings (SSSR count). The summed E-state index contributed by atoms with van der Waals surface area (Å²) in [6, 6.07) is 8.60. The molecule has 4 atom stereocenters. The van der Waals surface area contributed by atoms with Gasteiger partial charge in [-0.2, -0.15) is 10.2 Å². The van der Waals surface area contributed by atoms with Crippen LogP contribution in [0, 0.1) is 11.3 Å². The molecule has 0 aliphatic carbocycles. The first-order valence-electron chi connectivity index (χ1n) is 10.5. The Kier molecular flexibility index (Phi) is 6.48. The first-order chi connectivity index (χ1) is 16.7. The summed E-state index contributed by atoms with van der Waals surface area (Å²) in [6.07, 6.45) is -5.35. The van der Waals surface area contributed by atoms with Crippen molar-refractivity contribution < 1.29 is 28.2 Å². The standard InChI is InChI=1S/C22H21FN6O6/c1-11(30)34-18-17(23)15(7-16(31)33-2)35-20(18)29-19-14(9-26-21(25)27-19)28(22(29)32)10-13-5-3-12(8-24)4-6-13/h3-6,9,15,17-18,20H,7,10H2,1-2H3,(H2,25,26,27)/t15-,17-,18-,20-/m1/s1. The lowest BCUT2D eigenvalue weighted by Gasteiger charge is -2.19. The van der Waals surface area contributed by atoms with Crippen molar-refractivity contribution in [1.82, 2.24) is 19.1 Å². The molecule has 1 aromatic carbocycles. The first-order valence-corrected chi connectivity index (χ1v) is 10.5. The number of nitrogen functional groups attached to an aromatic ring is 1. The predicted molar refractivity (Wildman–Crippen MR) is 117 cm³/mol. The minimum absolute atomic E-state index is 0.0317. The summed E-state index contributed by atoms with van der Waals surface area (Å²) >= 11 is 0. The highest BCUT2D eigenvalue weighted by Gasteiger charge is 2.50. The van der Waals surface area contributed by atoms with Crippen LogP contribution in [0.5, 0.6) is 0 Å². The molecule has 1 fully saturated rings. The van der Waals surface area contributed by atoms with E-state index in [-0.39, 0.29) is 23.7 Å². The lowest BCUT2D eigenvalue weighted by molar-refractivity contribution is -0.154. The summed E-state index contributed by atoms with van der Waals surface area (Å²) in [6.45, 7) is 1.16. The van der Waals surface area contributed by atoms with Crippen molar-refractivity contribution in [1.29, 1.82) is 5.26 Å². The molecule has 3 heterocycles. The van der Waals surface area contributed by atoms with Gasteiger partial charge in [-0.05, 0) is 17.7 Å². The number of rotatable bonds is 6. The minimum Gasteiger partial charge on any atom is -0.469 e. The molecule has 1 aliphatic rings. The number of benzene rings is 1. The maximum atomic E-state index is 15.3. The molecule has 3 aromatic rings. The number of nitrogens with two attached hydrogens (primary N) is 1. The van der Waals surface area contributed by atoms with E-state index in [4.69, 9.17) is 20.5 Å². The third-order valence-electron chi connectivity index (χ3n) is 5.56. The molecule has 0 amide bonds. The van der Waals surface area contributed by atoms with Gasteiger partial charge in [-0.15, -0.1) is 0 Å². The molecule has 35 heavy (non-hydrogen) atoms. The first kappa shape index (κ1) is 23.8. The number of aromatic nitrogens is 4. The normalized spacial score (nSPS) is 21.5. The van der Waals surface area contributed by atoms with Crippen LogP contribution < -0.4 is 11.4 Å². The zero-order chi connectivity index (χ0) is 25.3. The molecule has 0 bridgehead atoms. The molecule has 1 saturated heterocycles. The number of ether oxygens (including phenoxy) is 3. The molecule has 0 spiro atoms. The minimum atomic E-state index is -1.92. The highest BCUT2D eigenvalue weighted by atomic mass is 19.1. The number of hydrogen-bond donors (Lipinski definition) is 1. The summed E-state index contributed by atoms with van der Waals surface area (Å²) in [5.74, 6) is -1.68. The van der Waals surface area contributed by atoms with Crippen LogP contribution in [0.1, 0.15) is 30.7 Å². The van der Waals surface area contributed by atoms with Gasteiger partial charge in [0.2, 0.25) is 5.95 Å². The second kappa shape index (κ2) is 9.51. The van der Waals surface area contributed by atoms with Crippen LogP contribution in [0.15, 0.2) is 35.3 Å². The zero-order valence-corrected chi connectivity index (χ0v) is 18.8. The molecule has 1 aliphatic heterocycles. The van der Waals surface area contributed by atoms with Gasteiger partial charge in [0.05, 0.1) is 37.9 Å². The fraction of sp³-hybridized carbons (Fsp3) is 0.364. The monoisotopic (exact) mass is 484 g/mol. The summed E-state index contributed by atoms with van der Waals surface area (Å²) in [5, 5.41) is 9.01. The highest BCUT2D eigenvalue weighted by molar-refractivity contribution is 5.72. The third-order valence-corrected chi connectivity index (χ3v) is 5.56. The molecule has 0 unspecified atom stereocenters. The van der Waals surface area contributed by atoms with Crippen LogP contribution in [0.4, 0.5) is 10.3 Å². The van der Waals surface area contributed by atoms with Crippen molar-refractivity contribution in [3.8, 4) is 6.07 Å². The van der Waals surface area contributed by atoms with Crippen LogP contribution in [0.2, 0.25) is 0 Å². The number of anilines is 1. The van der Waals surface area contributed by atoms with Crippen LogP contribution in [0.3, 0.4) is 0 Å². The number of imidazole rings is 1. The molecule has 12 nitrogen and oxygen atoms in total. The van der Waals surface area contributed by atoms with E-state index in [2.05, 4.69) is 14.7 Å². The van der Waals surface area contributed by atoms with Gasteiger partial charge in [-0.1, -0.05) is 12.1 Å². The molecule has 0 radical (unpaired) electrons. The van der Waals surface area contributed by atoms with Gasteiger partial charge >= 0.3 is 17.6 Å². The van der Waals surface area contributed by atoms with E-state index < -0.39 is 48.7 Å². The van der Waals surface area contributed by atoms with Crippen LogP contribution >= 0.6 is 0 Å². The Bertz CT molecular complexity index is 1380. The predicted octanol–water partition coefficient (Wildman–Crippen LogP) is 0.825. The lowest BCUT2D eigenvalue weighted by Crippen LogP contribution is -2.37.